The summed E-state index contributed by atoms with van der Waals surface area (Å²) in [5.74, 6) is 1.11. The minimum Gasteiger partial charge on any atom is -0.494 e. The summed E-state index contributed by atoms with van der Waals surface area (Å²) in [6, 6.07) is 9.74. The number of unbranched alkanes of at least 4 members (excludes halogenated alkanes) is 2. The van der Waals surface area contributed by atoms with Crippen LogP contribution in [0.4, 0.5) is 0 Å². The van der Waals surface area contributed by atoms with Crippen molar-refractivity contribution in [1.82, 2.24) is 4.57 Å². The van der Waals surface area contributed by atoms with Crippen LogP contribution in [0, 0.1) is 17.3 Å². The third-order valence-corrected chi connectivity index (χ3v) is 7.97. The molecule has 0 radical (unpaired) electrons. The highest BCUT2D eigenvalue weighted by Crippen LogP contribution is 2.40. The second kappa shape index (κ2) is 12.8. The fraction of sp³-hybridized carbons (Fsp3) is 0.656. The lowest BCUT2D eigenvalue weighted by molar-refractivity contribution is -0.131. The van der Waals surface area contributed by atoms with Crippen molar-refractivity contribution in [2.75, 3.05) is 0 Å². The molecule has 2 unspecified atom stereocenters. The number of carbonyl (C=O) groups is 1. The maximum Gasteiger partial charge on any atom is 0.201 e. The molecule has 202 valence electrons. The van der Waals surface area contributed by atoms with Gasteiger partial charge in [-0.05, 0) is 48.3 Å². The summed E-state index contributed by atoms with van der Waals surface area (Å²) >= 11 is 0. The maximum absolute atomic E-state index is 13.0. The average Bonchev–Trinajstić information content (AvgIpc) is 3.10. The Kier molecular flexibility index (Phi) is 10.7. The third kappa shape index (κ3) is 7.40. The Balaban J connectivity index is 2.23. The van der Waals surface area contributed by atoms with Crippen LogP contribution in [0.1, 0.15) is 118 Å². The van der Waals surface area contributed by atoms with Gasteiger partial charge in [-0.2, -0.15) is 0 Å². The number of benzene rings is 1. The van der Waals surface area contributed by atoms with Gasteiger partial charge in [0.1, 0.15) is 5.78 Å². The zero-order chi connectivity index (χ0) is 27.1. The second-order valence-electron chi connectivity index (χ2n) is 12.2. The Hall–Kier alpha value is -2.23. The largest absolute Gasteiger partial charge is 0.494 e. The van der Waals surface area contributed by atoms with Crippen LogP contribution in [-0.4, -0.2) is 20.6 Å². The predicted molar refractivity (Wildman–Crippen MR) is 151 cm³/mol. The third-order valence-electron chi connectivity index (χ3n) is 7.97. The van der Waals surface area contributed by atoms with E-state index in [0.717, 1.165) is 55.3 Å². The predicted octanol–water partition coefficient (Wildman–Crippen LogP) is 8.74. The van der Waals surface area contributed by atoms with Gasteiger partial charge in [-0.25, -0.2) is 0 Å². The summed E-state index contributed by atoms with van der Waals surface area (Å²) in [4.78, 5) is 13.0. The summed E-state index contributed by atoms with van der Waals surface area (Å²) in [6.07, 6.45) is 9.48. The second-order valence-corrected chi connectivity index (χ2v) is 12.2. The topological polar surface area (TPSA) is 62.5 Å². The number of hydrogen-bond donors (Lipinski definition) is 2. The molecular weight excluding hydrogens is 446 g/mol. The van der Waals surface area contributed by atoms with Gasteiger partial charge in [-0.15, -0.1) is 0 Å². The van der Waals surface area contributed by atoms with E-state index in [1.54, 1.807) is 6.07 Å². The molecule has 0 saturated carbocycles. The van der Waals surface area contributed by atoms with Crippen LogP contribution in [0.25, 0.3) is 5.69 Å². The normalized spacial score (nSPS) is 14.1. The number of nitrogens with zero attached hydrogens (tertiary/aromatic N) is 1. The van der Waals surface area contributed by atoms with Gasteiger partial charge in [0.25, 0.3) is 0 Å². The van der Waals surface area contributed by atoms with E-state index in [4.69, 9.17) is 0 Å². The fourth-order valence-electron chi connectivity index (χ4n) is 5.90. The van der Waals surface area contributed by atoms with Gasteiger partial charge in [0.15, 0.2) is 5.88 Å². The zero-order valence-corrected chi connectivity index (χ0v) is 24.2. The van der Waals surface area contributed by atoms with Gasteiger partial charge >= 0.3 is 0 Å². The van der Waals surface area contributed by atoms with Gasteiger partial charge in [0.05, 0.1) is 5.69 Å². The molecule has 0 fully saturated rings. The molecule has 1 aromatic carbocycles. The number of carbonyl (C=O) groups excluding carboxylic acids is 1. The molecule has 0 aliphatic carbocycles. The van der Waals surface area contributed by atoms with E-state index in [2.05, 4.69) is 60.6 Å². The molecule has 4 nitrogen and oxygen atoms in total. The summed E-state index contributed by atoms with van der Waals surface area (Å²) < 4.78 is 1.54. The summed E-state index contributed by atoms with van der Waals surface area (Å²) in [5, 5.41) is 21.7. The average molecular weight is 498 g/mol. The first kappa shape index (κ1) is 30.0. The minimum atomic E-state index is -0.407. The number of rotatable bonds is 15. The number of aromatic nitrogens is 1. The zero-order valence-electron chi connectivity index (χ0n) is 24.2. The van der Waals surface area contributed by atoms with Crippen molar-refractivity contribution in [3.63, 3.8) is 0 Å². The molecule has 0 spiro atoms. The Labute approximate surface area is 220 Å². The molecular formula is C32H51NO3. The molecule has 0 saturated heterocycles. The molecule has 2 atom stereocenters. The minimum absolute atomic E-state index is 0.0654. The SMILES string of the molecule is CCCCCC(CCC)Cc1cc(O)n(-c2ccc(C(C)(C)CC(C)(C)C(=O)C(C)CC)cc2)c1O. The van der Waals surface area contributed by atoms with Crippen LogP contribution in [0.15, 0.2) is 30.3 Å². The monoisotopic (exact) mass is 497 g/mol. The van der Waals surface area contributed by atoms with Crippen LogP contribution in [0.5, 0.6) is 11.8 Å². The van der Waals surface area contributed by atoms with E-state index in [0.29, 0.717) is 11.7 Å². The van der Waals surface area contributed by atoms with E-state index >= 15 is 0 Å². The number of hydrogen-bond acceptors (Lipinski definition) is 3. The van der Waals surface area contributed by atoms with Crippen molar-refractivity contribution >= 4 is 5.78 Å². The molecule has 4 heteroatoms. The molecule has 1 aromatic heterocycles. The lowest BCUT2D eigenvalue weighted by Crippen LogP contribution is -2.35. The smallest absolute Gasteiger partial charge is 0.201 e. The van der Waals surface area contributed by atoms with Crippen molar-refractivity contribution in [2.45, 2.75) is 119 Å². The first-order chi connectivity index (χ1) is 16.9. The standard InChI is InChI=1S/C32H51NO3/c1-9-12-13-15-24(14-10-2)20-25-21-28(34)33(30(25)36)27-18-16-26(17-19-27)31(5,6)22-32(7,8)29(35)23(4)11-3/h16-19,21,23-24,34,36H,9-15,20,22H2,1-8H3. The van der Waals surface area contributed by atoms with Gasteiger partial charge in [-0.3, -0.25) is 9.36 Å². The molecule has 0 bridgehead atoms. The summed E-state index contributed by atoms with van der Waals surface area (Å²) in [5.41, 5.74) is 2.10. The van der Waals surface area contributed by atoms with Crippen molar-refractivity contribution in [3.8, 4) is 17.4 Å². The van der Waals surface area contributed by atoms with Crippen LogP contribution >= 0.6 is 0 Å². The molecule has 2 aromatic rings. The van der Waals surface area contributed by atoms with Crippen LogP contribution in [0.3, 0.4) is 0 Å². The first-order valence-electron chi connectivity index (χ1n) is 14.2. The lowest BCUT2D eigenvalue weighted by atomic mass is 9.67. The van der Waals surface area contributed by atoms with E-state index in [9.17, 15) is 15.0 Å². The molecule has 0 aliphatic heterocycles. The molecule has 2 rings (SSSR count). The van der Waals surface area contributed by atoms with E-state index < -0.39 is 5.41 Å². The van der Waals surface area contributed by atoms with Gasteiger partial charge < -0.3 is 10.2 Å². The Morgan fingerprint density at radius 1 is 0.944 bits per heavy atom. The van der Waals surface area contributed by atoms with Gasteiger partial charge in [0, 0.05) is 23.0 Å². The molecule has 36 heavy (non-hydrogen) atoms. The highest BCUT2D eigenvalue weighted by molar-refractivity contribution is 5.86. The van der Waals surface area contributed by atoms with Gasteiger partial charge in [-0.1, -0.05) is 106 Å². The van der Waals surface area contributed by atoms with Crippen LogP contribution in [0.2, 0.25) is 0 Å². The van der Waals surface area contributed by atoms with E-state index in [1.165, 1.54) is 23.8 Å². The van der Waals surface area contributed by atoms with Crippen LogP contribution < -0.4 is 0 Å². The Morgan fingerprint density at radius 2 is 1.58 bits per heavy atom. The maximum atomic E-state index is 13.0. The molecule has 0 amide bonds. The number of aromatic hydroxyl groups is 2. The summed E-state index contributed by atoms with van der Waals surface area (Å²) in [6.45, 7) is 17.0. The highest BCUT2D eigenvalue weighted by Gasteiger charge is 2.37. The fourth-order valence-corrected chi connectivity index (χ4v) is 5.90. The summed E-state index contributed by atoms with van der Waals surface area (Å²) in [7, 11) is 0. The first-order valence-corrected chi connectivity index (χ1v) is 14.2. The van der Waals surface area contributed by atoms with Crippen molar-refractivity contribution in [1.29, 1.82) is 0 Å². The lowest BCUT2D eigenvalue weighted by Gasteiger charge is -2.36. The number of Topliss-reactive ketones (excluding diaryl/α,β-unsaturated/α-hetero) is 1. The van der Waals surface area contributed by atoms with Crippen LogP contribution in [-0.2, 0) is 16.6 Å². The Bertz CT molecular complexity index is 968. The van der Waals surface area contributed by atoms with Crippen molar-refractivity contribution in [2.24, 2.45) is 17.3 Å². The van der Waals surface area contributed by atoms with Crippen molar-refractivity contribution in [3.05, 3.63) is 41.5 Å². The quantitative estimate of drug-likeness (QED) is 0.242. The number of ketones is 1. The highest BCUT2D eigenvalue weighted by atomic mass is 16.3. The van der Waals surface area contributed by atoms with Gasteiger partial charge in [0.2, 0.25) is 5.88 Å². The van der Waals surface area contributed by atoms with E-state index in [1.807, 2.05) is 19.1 Å². The van der Waals surface area contributed by atoms with Crippen molar-refractivity contribution < 1.29 is 15.0 Å². The van der Waals surface area contributed by atoms with E-state index in [-0.39, 0.29) is 23.1 Å². The Morgan fingerprint density at radius 3 is 2.14 bits per heavy atom. The molecule has 1 heterocycles. The molecule has 0 aliphatic rings. The molecule has 2 N–H and O–H groups in total.